The summed E-state index contributed by atoms with van der Waals surface area (Å²) in [5.41, 5.74) is 1.44. The van der Waals surface area contributed by atoms with E-state index in [4.69, 9.17) is 10.1 Å². The molecular formula is C20H27N7. The fourth-order valence-corrected chi connectivity index (χ4v) is 3.73. The molecule has 0 saturated carbocycles. The summed E-state index contributed by atoms with van der Waals surface area (Å²) < 4.78 is 3.86. The molecule has 0 spiro atoms. The van der Waals surface area contributed by atoms with Gasteiger partial charge in [0.05, 0.1) is 6.54 Å². The van der Waals surface area contributed by atoms with Crippen molar-refractivity contribution in [2.45, 2.75) is 51.7 Å². The number of nitrogens with zero attached hydrogens (tertiary/aromatic N) is 7. The van der Waals surface area contributed by atoms with Gasteiger partial charge in [0.2, 0.25) is 0 Å². The highest BCUT2D eigenvalue weighted by Crippen LogP contribution is 2.27. The lowest BCUT2D eigenvalue weighted by Gasteiger charge is -2.16. The topological polar surface area (TPSA) is 64.7 Å². The molecule has 3 aromatic rings. The van der Waals surface area contributed by atoms with Gasteiger partial charge in [-0.1, -0.05) is 43.7 Å². The lowest BCUT2D eigenvalue weighted by molar-refractivity contribution is 0.308. The van der Waals surface area contributed by atoms with Crippen molar-refractivity contribution in [2.75, 3.05) is 13.1 Å². The second-order valence-electron chi connectivity index (χ2n) is 7.25. The summed E-state index contributed by atoms with van der Waals surface area (Å²) in [6.07, 6.45) is 6.72. The first-order valence-corrected chi connectivity index (χ1v) is 9.84. The summed E-state index contributed by atoms with van der Waals surface area (Å²) >= 11 is 0. The van der Waals surface area contributed by atoms with E-state index >= 15 is 0 Å². The fourth-order valence-electron chi connectivity index (χ4n) is 3.73. The summed E-state index contributed by atoms with van der Waals surface area (Å²) in [5.74, 6) is 2.49. The first-order chi connectivity index (χ1) is 13.3. The van der Waals surface area contributed by atoms with E-state index in [9.17, 15) is 0 Å². The van der Waals surface area contributed by atoms with Gasteiger partial charge in [-0.3, -0.25) is 4.90 Å². The molecular weight excluding hydrogens is 338 g/mol. The number of aryl methyl sites for hydroxylation is 1. The molecule has 1 atom stereocenters. The molecule has 2 aromatic heterocycles. The Morgan fingerprint density at radius 3 is 2.81 bits per heavy atom. The van der Waals surface area contributed by atoms with Gasteiger partial charge in [-0.2, -0.15) is 10.2 Å². The molecule has 1 aliphatic heterocycles. The highest BCUT2D eigenvalue weighted by atomic mass is 15.4. The zero-order valence-corrected chi connectivity index (χ0v) is 15.9. The maximum absolute atomic E-state index is 4.82. The highest BCUT2D eigenvalue weighted by molar-refractivity contribution is 5.21. The monoisotopic (exact) mass is 365 g/mol. The smallest absolute Gasteiger partial charge is 0.172 e. The molecule has 7 heteroatoms. The van der Waals surface area contributed by atoms with E-state index in [1.54, 1.807) is 17.3 Å². The Hall–Kier alpha value is -2.54. The summed E-state index contributed by atoms with van der Waals surface area (Å²) in [7, 11) is 0. The molecule has 7 nitrogen and oxygen atoms in total. The average Bonchev–Trinajstić information content (AvgIpc) is 3.44. The molecule has 1 aromatic carbocycles. The van der Waals surface area contributed by atoms with Gasteiger partial charge >= 0.3 is 0 Å². The van der Waals surface area contributed by atoms with Crippen LogP contribution in [0, 0.1) is 0 Å². The van der Waals surface area contributed by atoms with Gasteiger partial charge in [0.1, 0.15) is 25.0 Å². The molecule has 0 unspecified atom stereocenters. The Labute approximate surface area is 160 Å². The Bertz CT molecular complexity index is 825. The molecule has 0 radical (unpaired) electrons. The number of hydrogen-bond donors (Lipinski definition) is 0. The van der Waals surface area contributed by atoms with Gasteiger partial charge in [0, 0.05) is 13.1 Å². The molecule has 0 N–H and O–H groups in total. The largest absolute Gasteiger partial charge is 0.295 e. The summed E-state index contributed by atoms with van der Waals surface area (Å²) in [6, 6.07) is 10.8. The number of rotatable bonds is 8. The predicted octanol–water partition coefficient (Wildman–Crippen LogP) is 2.71. The third-order valence-corrected chi connectivity index (χ3v) is 5.19. The van der Waals surface area contributed by atoms with Crippen LogP contribution in [0.2, 0.25) is 0 Å². The van der Waals surface area contributed by atoms with Crippen molar-refractivity contribution in [3.8, 4) is 0 Å². The SMILES string of the molecule is CCCCn1nc(Cn2cncn2)nc1CN1CC[C@H](c2ccccc2)C1. The van der Waals surface area contributed by atoms with Crippen molar-refractivity contribution < 1.29 is 0 Å². The number of aromatic nitrogens is 6. The quantitative estimate of drug-likeness (QED) is 0.614. The molecule has 4 rings (SSSR count). The molecule has 1 fully saturated rings. The van der Waals surface area contributed by atoms with Crippen LogP contribution in [0.15, 0.2) is 43.0 Å². The van der Waals surface area contributed by atoms with E-state index < -0.39 is 0 Å². The van der Waals surface area contributed by atoms with Crippen LogP contribution in [-0.2, 0) is 19.6 Å². The van der Waals surface area contributed by atoms with E-state index in [1.807, 2.05) is 0 Å². The summed E-state index contributed by atoms with van der Waals surface area (Å²) in [6.45, 7) is 6.75. The van der Waals surface area contributed by atoms with Crippen molar-refractivity contribution in [3.63, 3.8) is 0 Å². The predicted molar refractivity (Wildman–Crippen MR) is 103 cm³/mol. The Kier molecular flexibility index (Phi) is 5.58. The minimum atomic E-state index is 0.568. The van der Waals surface area contributed by atoms with Crippen LogP contribution >= 0.6 is 0 Å². The van der Waals surface area contributed by atoms with E-state index in [2.05, 4.69) is 56.9 Å². The summed E-state index contributed by atoms with van der Waals surface area (Å²) in [5, 5.41) is 8.90. The third-order valence-electron chi connectivity index (χ3n) is 5.19. The van der Waals surface area contributed by atoms with Crippen LogP contribution in [-0.4, -0.2) is 47.5 Å². The van der Waals surface area contributed by atoms with Crippen LogP contribution in [0.3, 0.4) is 0 Å². The lowest BCUT2D eigenvalue weighted by atomic mass is 9.99. The van der Waals surface area contributed by atoms with Gasteiger partial charge in [-0.25, -0.2) is 19.3 Å². The lowest BCUT2D eigenvalue weighted by Crippen LogP contribution is -2.22. The summed E-state index contributed by atoms with van der Waals surface area (Å²) in [4.78, 5) is 11.3. The second kappa shape index (κ2) is 8.43. The maximum atomic E-state index is 4.82. The number of likely N-dealkylation sites (tertiary alicyclic amines) is 1. The van der Waals surface area contributed by atoms with Gasteiger partial charge in [-0.05, 0) is 30.9 Å². The minimum absolute atomic E-state index is 0.568. The minimum Gasteiger partial charge on any atom is -0.295 e. The first-order valence-electron chi connectivity index (χ1n) is 9.84. The standard InChI is InChI=1S/C20H27N7/c1-2-3-10-27-20(23-19(24-27)13-26-16-21-15-22-26)14-25-11-9-18(12-25)17-7-5-4-6-8-17/h4-8,15-16,18H,2-3,9-14H2,1H3/t18-/m0/s1. The molecule has 1 saturated heterocycles. The van der Waals surface area contributed by atoms with Crippen LogP contribution < -0.4 is 0 Å². The van der Waals surface area contributed by atoms with Gasteiger partial charge in [-0.15, -0.1) is 0 Å². The number of hydrogen-bond acceptors (Lipinski definition) is 5. The van der Waals surface area contributed by atoms with E-state index in [1.165, 1.54) is 12.0 Å². The molecule has 0 amide bonds. The van der Waals surface area contributed by atoms with E-state index in [-0.39, 0.29) is 0 Å². The Morgan fingerprint density at radius 1 is 1.15 bits per heavy atom. The zero-order valence-electron chi connectivity index (χ0n) is 15.9. The Balaban J connectivity index is 1.44. The molecule has 3 heterocycles. The van der Waals surface area contributed by atoms with Crippen molar-refractivity contribution in [1.29, 1.82) is 0 Å². The van der Waals surface area contributed by atoms with Crippen LogP contribution in [0.5, 0.6) is 0 Å². The molecule has 27 heavy (non-hydrogen) atoms. The Morgan fingerprint density at radius 2 is 2.04 bits per heavy atom. The molecule has 0 bridgehead atoms. The highest BCUT2D eigenvalue weighted by Gasteiger charge is 2.25. The average molecular weight is 365 g/mol. The van der Waals surface area contributed by atoms with E-state index in [0.29, 0.717) is 12.5 Å². The van der Waals surface area contributed by atoms with E-state index in [0.717, 1.165) is 50.7 Å². The molecule has 142 valence electrons. The van der Waals surface area contributed by atoms with Crippen molar-refractivity contribution >= 4 is 0 Å². The third kappa shape index (κ3) is 4.42. The van der Waals surface area contributed by atoms with Gasteiger partial charge in [0.25, 0.3) is 0 Å². The molecule has 1 aliphatic rings. The van der Waals surface area contributed by atoms with Crippen LogP contribution in [0.1, 0.15) is 49.3 Å². The van der Waals surface area contributed by atoms with Crippen LogP contribution in [0.4, 0.5) is 0 Å². The first kappa shape index (κ1) is 17.9. The second-order valence-corrected chi connectivity index (χ2v) is 7.25. The van der Waals surface area contributed by atoms with Crippen molar-refractivity contribution in [1.82, 2.24) is 34.4 Å². The van der Waals surface area contributed by atoms with Gasteiger partial charge in [0.15, 0.2) is 5.82 Å². The van der Waals surface area contributed by atoms with Crippen molar-refractivity contribution in [2.24, 2.45) is 0 Å². The molecule has 0 aliphatic carbocycles. The zero-order chi connectivity index (χ0) is 18.5. The maximum Gasteiger partial charge on any atom is 0.172 e. The van der Waals surface area contributed by atoms with Crippen molar-refractivity contribution in [3.05, 3.63) is 60.2 Å². The van der Waals surface area contributed by atoms with Gasteiger partial charge < -0.3 is 0 Å². The number of unbranched alkanes of at least 4 members (excludes halogenated alkanes) is 1. The number of benzene rings is 1. The normalized spacial score (nSPS) is 17.6. The fraction of sp³-hybridized carbons (Fsp3) is 0.500. The van der Waals surface area contributed by atoms with Crippen LogP contribution in [0.25, 0.3) is 0 Å².